The largest absolute Gasteiger partial charge is 0.380 e. The van der Waals surface area contributed by atoms with E-state index in [9.17, 15) is 9.59 Å². The number of rotatable bonds is 6. The van der Waals surface area contributed by atoms with E-state index in [0.29, 0.717) is 32.1 Å². The lowest BCUT2D eigenvalue weighted by Crippen LogP contribution is -2.48. The van der Waals surface area contributed by atoms with Gasteiger partial charge in [-0.05, 0) is 30.2 Å². The molecule has 1 aliphatic carbocycles. The first-order chi connectivity index (χ1) is 12.5. The molecule has 1 amide bonds. The zero-order valence-electron chi connectivity index (χ0n) is 17.7. The van der Waals surface area contributed by atoms with E-state index in [-0.39, 0.29) is 28.9 Å². The normalized spacial score (nSPS) is 20.3. The van der Waals surface area contributed by atoms with Crippen LogP contribution in [0.3, 0.4) is 0 Å². The summed E-state index contributed by atoms with van der Waals surface area (Å²) >= 11 is 0. The number of ketones is 1. The lowest BCUT2D eigenvalue weighted by Gasteiger charge is -2.38. The number of nitrogens with zero attached hydrogens (tertiary/aromatic N) is 1. The third kappa shape index (κ3) is 4.13. The number of fused-ring (bicyclic) bond motifs is 1. The smallest absolute Gasteiger partial charge is 0.224 e. The summed E-state index contributed by atoms with van der Waals surface area (Å²) in [4.78, 5) is 25.6. The molecule has 5 nitrogen and oxygen atoms in total. The monoisotopic (exact) mass is 374 g/mol. The number of ether oxygens (including phenoxy) is 1. The zero-order valence-corrected chi connectivity index (χ0v) is 17.7. The van der Waals surface area contributed by atoms with Gasteiger partial charge in [0.25, 0.3) is 0 Å². The van der Waals surface area contributed by atoms with Crippen LogP contribution in [-0.4, -0.2) is 36.0 Å². The Morgan fingerprint density at radius 1 is 1.22 bits per heavy atom. The minimum Gasteiger partial charge on any atom is -0.380 e. The topological polar surface area (TPSA) is 60.3 Å². The predicted molar refractivity (Wildman–Crippen MR) is 106 cm³/mol. The molecular formula is C22H34N2O3. The Balaban J connectivity index is 1.87. The number of hydrogen-bond acceptors (Lipinski definition) is 3. The summed E-state index contributed by atoms with van der Waals surface area (Å²) in [5, 5.41) is 3.05. The van der Waals surface area contributed by atoms with Gasteiger partial charge in [0, 0.05) is 41.9 Å². The molecule has 0 radical (unpaired) electrons. The molecule has 0 unspecified atom stereocenters. The average Bonchev–Trinajstić information content (AvgIpc) is 2.75. The van der Waals surface area contributed by atoms with Crippen LogP contribution in [0.4, 0.5) is 0 Å². The maximum Gasteiger partial charge on any atom is 0.224 e. The molecule has 1 aliphatic heterocycles. The Labute approximate surface area is 162 Å². The van der Waals surface area contributed by atoms with E-state index in [1.807, 2.05) is 0 Å². The van der Waals surface area contributed by atoms with Gasteiger partial charge in [0.1, 0.15) is 0 Å². The van der Waals surface area contributed by atoms with E-state index in [0.717, 1.165) is 35.5 Å². The molecule has 1 N–H and O–H groups in total. The molecule has 150 valence electrons. The van der Waals surface area contributed by atoms with Gasteiger partial charge in [-0.25, -0.2) is 0 Å². The molecule has 1 aromatic heterocycles. The number of aromatic nitrogens is 1. The third-order valence-corrected chi connectivity index (χ3v) is 5.82. The van der Waals surface area contributed by atoms with Crippen molar-refractivity contribution >= 4 is 11.7 Å². The van der Waals surface area contributed by atoms with E-state index in [1.165, 1.54) is 0 Å². The molecule has 1 fully saturated rings. The van der Waals surface area contributed by atoms with Gasteiger partial charge in [-0.15, -0.1) is 0 Å². The maximum atomic E-state index is 13.0. The predicted octanol–water partition coefficient (Wildman–Crippen LogP) is 3.30. The van der Waals surface area contributed by atoms with Gasteiger partial charge in [0.05, 0.1) is 19.6 Å². The first-order valence-electron chi connectivity index (χ1n) is 10.1. The van der Waals surface area contributed by atoms with Crippen molar-refractivity contribution in [3.05, 3.63) is 22.5 Å². The van der Waals surface area contributed by atoms with Crippen molar-refractivity contribution in [2.24, 2.45) is 16.7 Å². The second kappa shape index (κ2) is 7.08. The van der Waals surface area contributed by atoms with E-state index in [2.05, 4.69) is 51.4 Å². The van der Waals surface area contributed by atoms with Crippen LogP contribution in [0.1, 0.15) is 68.3 Å². The van der Waals surface area contributed by atoms with Crippen molar-refractivity contribution in [3.8, 4) is 0 Å². The Morgan fingerprint density at radius 2 is 1.89 bits per heavy atom. The molecule has 3 rings (SSSR count). The van der Waals surface area contributed by atoms with Crippen molar-refractivity contribution in [2.45, 2.75) is 67.3 Å². The van der Waals surface area contributed by atoms with Crippen LogP contribution in [0.2, 0.25) is 0 Å². The van der Waals surface area contributed by atoms with Gasteiger partial charge in [-0.2, -0.15) is 0 Å². The summed E-state index contributed by atoms with van der Waals surface area (Å²) in [6.07, 6.45) is 1.72. The Kier molecular flexibility index (Phi) is 5.28. The number of amides is 1. The zero-order chi connectivity index (χ0) is 20.0. The molecule has 0 atom stereocenters. The van der Waals surface area contributed by atoms with Gasteiger partial charge < -0.3 is 14.6 Å². The Hall–Kier alpha value is -1.62. The fourth-order valence-electron chi connectivity index (χ4n) is 4.32. The quantitative estimate of drug-likeness (QED) is 0.831. The lowest BCUT2D eigenvalue weighted by atomic mass is 9.75. The summed E-state index contributed by atoms with van der Waals surface area (Å²) in [5.41, 5.74) is 3.98. The summed E-state index contributed by atoms with van der Waals surface area (Å²) in [6, 6.07) is 0. The van der Waals surface area contributed by atoms with E-state index >= 15 is 0 Å². The Bertz CT molecular complexity index is 754. The van der Waals surface area contributed by atoms with Gasteiger partial charge in [0.2, 0.25) is 5.91 Å². The minimum atomic E-state index is -0.0258. The number of Topliss-reactive ketones (excluding diaryl/α,β-unsaturated/α-hetero) is 1. The molecule has 27 heavy (non-hydrogen) atoms. The molecule has 1 aromatic rings. The fraction of sp³-hybridized carbons (Fsp3) is 0.727. The van der Waals surface area contributed by atoms with Crippen LogP contribution in [-0.2, 0) is 28.9 Å². The molecule has 1 saturated heterocycles. The SMILES string of the molecule is Cc1c(CC(=O)NCC2(C)COC2)c2c(n1CC(C)C)CC(C)(C)CC2=O. The van der Waals surface area contributed by atoms with Crippen molar-refractivity contribution in [2.75, 3.05) is 19.8 Å². The first-order valence-corrected chi connectivity index (χ1v) is 10.1. The van der Waals surface area contributed by atoms with E-state index in [4.69, 9.17) is 4.74 Å². The molecule has 2 aliphatic rings. The highest BCUT2D eigenvalue weighted by atomic mass is 16.5. The van der Waals surface area contributed by atoms with Gasteiger partial charge in [0.15, 0.2) is 5.78 Å². The van der Waals surface area contributed by atoms with Crippen molar-refractivity contribution in [1.29, 1.82) is 0 Å². The minimum absolute atomic E-state index is 0.00615. The van der Waals surface area contributed by atoms with Gasteiger partial charge in [-0.1, -0.05) is 34.6 Å². The van der Waals surface area contributed by atoms with Gasteiger partial charge >= 0.3 is 0 Å². The molecular weight excluding hydrogens is 340 g/mol. The number of hydrogen-bond donors (Lipinski definition) is 1. The van der Waals surface area contributed by atoms with Crippen molar-refractivity contribution < 1.29 is 14.3 Å². The summed E-state index contributed by atoms with van der Waals surface area (Å²) < 4.78 is 7.55. The number of nitrogens with one attached hydrogen (secondary N) is 1. The molecule has 0 aromatic carbocycles. The molecule has 0 saturated carbocycles. The van der Waals surface area contributed by atoms with Crippen LogP contribution in [0, 0.1) is 23.7 Å². The van der Waals surface area contributed by atoms with Gasteiger partial charge in [-0.3, -0.25) is 9.59 Å². The summed E-state index contributed by atoms with van der Waals surface area (Å²) in [7, 11) is 0. The van der Waals surface area contributed by atoms with Crippen LogP contribution in [0.25, 0.3) is 0 Å². The molecule has 0 bridgehead atoms. The third-order valence-electron chi connectivity index (χ3n) is 5.82. The molecule has 2 heterocycles. The van der Waals surface area contributed by atoms with Crippen LogP contribution in [0.15, 0.2) is 0 Å². The highest BCUT2D eigenvalue weighted by Crippen LogP contribution is 2.39. The van der Waals surface area contributed by atoms with Crippen LogP contribution in [0.5, 0.6) is 0 Å². The lowest BCUT2D eigenvalue weighted by molar-refractivity contribution is -0.126. The molecule has 5 heteroatoms. The molecule has 0 spiro atoms. The maximum absolute atomic E-state index is 13.0. The highest BCUT2D eigenvalue weighted by molar-refractivity contribution is 6.01. The number of carbonyl (C=O) groups excluding carboxylic acids is 2. The summed E-state index contributed by atoms with van der Waals surface area (Å²) in [6.45, 7) is 15.8. The second-order valence-electron chi connectivity index (χ2n) is 10.1. The fourth-order valence-corrected chi connectivity index (χ4v) is 4.32. The van der Waals surface area contributed by atoms with Crippen LogP contribution >= 0.6 is 0 Å². The number of carbonyl (C=O) groups is 2. The van der Waals surface area contributed by atoms with E-state index < -0.39 is 0 Å². The van der Waals surface area contributed by atoms with Crippen molar-refractivity contribution in [3.63, 3.8) is 0 Å². The Morgan fingerprint density at radius 3 is 2.44 bits per heavy atom. The summed E-state index contributed by atoms with van der Waals surface area (Å²) in [5.74, 6) is 0.669. The van der Waals surface area contributed by atoms with E-state index in [1.54, 1.807) is 0 Å². The second-order valence-corrected chi connectivity index (χ2v) is 10.1. The average molecular weight is 375 g/mol. The highest BCUT2D eigenvalue weighted by Gasteiger charge is 2.37. The van der Waals surface area contributed by atoms with Crippen molar-refractivity contribution in [1.82, 2.24) is 9.88 Å². The van der Waals surface area contributed by atoms with Crippen LogP contribution < -0.4 is 5.32 Å². The standard InChI is InChI=1S/C22H34N2O3/c1-14(2)10-24-15(3)16(7-19(26)23-11-22(6)12-27-13-22)20-17(24)8-21(4,5)9-18(20)25/h14H,7-13H2,1-6H3,(H,23,26). The first kappa shape index (κ1) is 20.1.